The molecule has 1 rings (SSSR count). The Hall–Kier alpha value is -0.0800. The molecule has 0 aromatic carbocycles. The minimum Gasteiger partial charge on any atom is -0.377 e. The van der Waals surface area contributed by atoms with E-state index in [4.69, 9.17) is 4.74 Å². The third-order valence-electron chi connectivity index (χ3n) is 3.68. The molecule has 15 heavy (non-hydrogen) atoms. The average molecular weight is 213 g/mol. The van der Waals surface area contributed by atoms with Gasteiger partial charge in [-0.15, -0.1) is 0 Å². The fourth-order valence-electron chi connectivity index (χ4n) is 2.62. The Labute approximate surface area is 94.8 Å². The third-order valence-corrected chi connectivity index (χ3v) is 3.68. The Morgan fingerprint density at radius 3 is 2.33 bits per heavy atom. The number of ether oxygens (including phenoxy) is 1. The molecule has 1 fully saturated rings. The molecule has 90 valence electrons. The van der Waals surface area contributed by atoms with Crippen molar-refractivity contribution in [3.05, 3.63) is 0 Å². The summed E-state index contributed by atoms with van der Waals surface area (Å²) in [5, 5.41) is 3.65. The summed E-state index contributed by atoms with van der Waals surface area (Å²) in [5.41, 5.74) is 0.459. The highest BCUT2D eigenvalue weighted by Crippen LogP contribution is 2.40. The minimum absolute atomic E-state index is 0.0492. The van der Waals surface area contributed by atoms with E-state index in [1.54, 1.807) is 7.11 Å². The van der Waals surface area contributed by atoms with Crippen molar-refractivity contribution in [3.8, 4) is 0 Å². The zero-order chi connectivity index (χ0) is 11.7. The maximum atomic E-state index is 5.42. The highest BCUT2D eigenvalue weighted by Gasteiger charge is 2.36. The molecule has 0 amide bonds. The van der Waals surface area contributed by atoms with Crippen molar-refractivity contribution in [2.24, 2.45) is 11.3 Å². The fraction of sp³-hybridized carbons (Fsp3) is 1.00. The molecular formula is C13H27NO. The van der Waals surface area contributed by atoms with Gasteiger partial charge in [0.05, 0.1) is 5.60 Å². The summed E-state index contributed by atoms with van der Waals surface area (Å²) in [6, 6.07) is 0.662. The van der Waals surface area contributed by atoms with Crippen LogP contribution < -0.4 is 5.32 Å². The molecule has 0 bridgehead atoms. The van der Waals surface area contributed by atoms with Crippen LogP contribution in [0.25, 0.3) is 0 Å². The molecule has 1 aliphatic rings. The number of hydrogen-bond donors (Lipinski definition) is 1. The lowest BCUT2D eigenvalue weighted by atomic mass is 9.91. The Balaban J connectivity index is 2.41. The largest absolute Gasteiger partial charge is 0.377 e. The van der Waals surface area contributed by atoms with Crippen molar-refractivity contribution in [2.75, 3.05) is 13.7 Å². The van der Waals surface area contributed by atoms with E-state index in [9.17, 15) is 0 Å². The van der Waals surface area contributed by atoms with Gasteiger partial charge in [0.25, 0.3) is 0 Å². The second kappa shape index (κ2) is 4.42. The Morgan fingerprint density at radius 2 is 1.93 bits per heavy atom. The lowest BCUT2D eigenvalue weighted by Gasteiger charge is -2.27. The number of methoxy groups -OCH3 is 1. The Morgan fingerprint density at radius 1 is 1.33 bits per heavy atom. The van der Waals surface area contributed by atoms with E-state index in [1.807, 2.05) is 0 Å². The summed E-state index contributed by atoms with van der Waals surface area (Å²) in [6.45, 7) is 12.3. The molecule has 1 saturated carbocycles. The van der Waals surface area contributed by atoms with E-state index in [0.29, 0.717) is 11.5 Å². The summed E-state index contributed by atoms with van der Waals surface area (Å²) >= 11 is 0. The van der Waals surface area contributed by atoms with Gasteiger partial charge < -0.3 is 10.1 Å². The molecule has 1 aliphatic carbocycles. The molecule has 0 saturated heterocycles. The summed E-state index contributed by atoms with van der Waals surface area (Å²) < 4.78 is 5.42. The second-order valence-corrected chi connectivity index (χ2v) is 6.50. The quantitative estimate of drug-likeness (QED) is 0.775. The van der Waals surface area contributed by atoms with Gasteiger partial charge in [0.2, 0.25) is 0 Å². The first-order valence-electron chi connectivity index (χ1n) is 6.04. The highest BCUT2D eigenvalue weighted by atomic mass is 16.5. The molecule has 0 aromatic rings. The number of hydrogen-bond acceptors (Lipinski definition) is 2. The predicted molar refractivity (Wildman–Crippen MR) is 65.1 cm³/mol. The van der Waals surface area contributed by atoms with Crippen LogP contribution in [0.2, 0.25) is 0 Å². The molecule has 0 aliphatic heterocycles. The molecular weight excluding hydrogens is 186 g/mol. The van der Waals surface area contributed by atoms with Crippen LogP contribution in [-0.4, -0.2) is 25.3 Å². The maximum Gasteiger partial charge on any atom is 0.0746 e. The van der Waals surface area contributed by atoms with Gasteiger partial charge in [-0.25, -0.2) is 0 Å². The van der Waals surface area contributed by atoms with Crippen LogP contribution >= 0.6 is 0 Å². The first-order valence-corrected chi connectivity index (χ1v) is 6.04. The van der Waals surface area contributed by atoms with Crippen LogP contribution in [-0.2, 0) is 4.74 Å². The van der Waals surface area contributed by atoms with Crippen LogP contribution in [0.15, 0.2) is 0 Å². The summed E-state index contributed by atoms with van der Waals surface area (Å²) in [7, 11) is 1.78. The zero-order valence-corrected chi connectivity index (χ0v) is 11.2. The lowest BCUT2D eigenvalue weighted by molar-refractivity contribution is 0.0201. The van der Waals surface area contributed by atoms with Gasteiger partial charge in [0, 0.05) is 19.7 Å². The molecule has 0 aromatic heterocycles. The maximum absolute atomic E-state index is 5.42. The van der Waals surface area contributed by atoms with Gasteiger partial charge in [-0.05, 0) is 38.0 Å². The SMILES string of the molecule is COC(C)(C)CNC1CC(C)(C)CC1C. The van der Waals surface area contributed by atoms with Crippen molar-refractivity contribution in [1.29, 1.82) is 0 Å². The lowest BCUT2D eigenvalue weighted by Crippen LogP contribution is -2.43. The van der Waals surface area contributed by atoms with Crippen LogP contribution in [0.4, 0.5) is 0 Å². The Kier molecular flexibility index (Phi) is 3.83. The van der Waals surface area contributed by atoms with E-state index >= 15 is 0 Å². The van der Waals surface area contributed by atoms with Crippen molar-refractivity contribution < 1.29 is 4.74 Å². The first kappa shape index (κ1) is 13.0. The minimum atomic E-state index is -0.0492. The summed E-state index contributed by atoms with van der Waals surface area (Å²) in [5.74, 6) is 0.785. The molecule has 0 radical (unpaired) electrons. The van der Waals surface area contributed by atoms with Gasteiger partial charge in [0.15, 0.2) is 0 Å². The van der Waals surface area contributed by atoms with Crippen molar-refractivity contribution in [2.45, 2.75) is 59.1 Å². The zero-order valence-electron chi connectivity index (χ0n) is 11.2. The molecule has 0 heterocycles. The molecule has 0 spiro atoms. The summed E-state index contributed by atoms with van der Waals surface area (Å²) in [6.07, 6.45) is 2.62. The summed E-state index contributed by atoms with van der Waals surface area (Å²) in [4.78, 5) is 0. The first-order chi connectivity index (χ1) is 6.76. The van der Waals surface area contributed by atoms with Crippen molar-refractivity contribution in [1.82, 2.24) is 5.32 Å². The molecule has 2 unspecified atom stereocenters. The molecule has 2 heteroatoms. The Bertz CT molecular complexity index is 211. The normalized spacial score (nSPS) is 30.8. The van der Waals surface area contributed by atoms with E-state index in [0.717, 1.165) is 12.5 Å². The van der Waals surface area contributed by atoms with Crippen LogP contribution in [0, 0.1) is 11.3 Å². The molecule has 2 nitrogen and oxygen atoms in total. The number of nitrogens with one attached hydrogen (secondary N) is 1. The smallest absolute Gasteiger partial charge is 0.0746 e. The van der Waals surface area contributed by atoms with Gasteiger partial charge in [-0.2, -0.15) is 0 Å². The van der Waals surface area contributed by atoms with E-state index in [2.05, 4.69) is 39.9 Å². The van der Waals surface area contributed by atoms with E-state index in [-0.39, 0.29) is 5.60 Å². The van der Waals surface area contributed by atoms with Gasteiger partial charge in [-0.3, -0.25) is 0 Å². The topological polar surface area (TPSA) is 21.3 Å². The van der Waals surface area contributed by atoms with Gasteiger partial charge in [0.1, 0.15) is 0 Å². The second-order valence-electron chi connectivity index (χ2n) is 6.50. The van der Waals surface area contributed by atoms with Crippen LogP contribution in [0.5, 0.6) is 0 Å². The predicted octanol–water partition coefficient (Wildman–Crippen LogP) is 2.83. The molecule has 2 atom stereocenters. The monoisotopic (exact) mass is 213 g/mol. The van der Waals surface area contributed by atoms with Gasteiger partial charge in [-0.1, -0.05) is 20.8 Å². The third kappa shape index (κ3) is 3.76. The van der Waals surface area contributed by atoms with Gasteiger partial charge >= 0.3 is 0 Å². The molecule has 1 N–H and O–H groups in total. The fourth-order valence-corrected chi connectivity index (χ4v) is 2.62. The average Bonchev–Trinajstić information content (AvgIpc) is 2.36. The van der Waals surface area contributed by atoms with E-state index < -0.39 is 0 Å². The van der Waals surface area contributed by atoms with E-state index in [1.165, 1.54) is 12.8 Å². The number of rotatable bonds is 4. The van der Waals surface area contributed by atoms with Crippen LogP contribution in [0.1, 0.15) is 47.5 Å². The highest BCUT2D eigenvalue weighted by molar-refractivity contribution is 4.92. The standard InChI is InChI=1S/C13H27NO/c1-10-7-12(2,3)8-11(10)14-9-13(4,5)15-6/h10-11,14H,7-9H2,1-6H3. The van der Waals surface area contributed by atoms with Crippen molar-refractivity contribution >= 4 is 0 Å². The van der Waals surface area contributed by atoms with Crippen molar-refractivity contribution in [3.63, 3.8) is 0 Å². The van der Waals surface area contributed by atoms with Crippen LogP contribution in [0.3, 0.4) is 0 Å².